The summed E-state index contributed by atoms with van der Waals surface area (Å²) in [5.74, 6) is 0.802. The van der Waals surface area contributed by atoms with E-state index in [1.54, 1.807) is 0 Å². The number of ether oxygens (including phenoxy) is 1. The van der Waals surface area contributed by atoms with Gasteiger partial charge in [0.15, 0.2) is 0 Å². The number of hydrogen-bond donors (Lipinski definition) is 1. The molecule has 2 aromatic carbocycles. The molecule has 1 aliphatic carbocycles. The Labute approximate surface area is 179 Å². The van der Waals surface area contributed by atoms with E-state index in [1.165, 1.54) is 19.3 Å². The first kappa shape index (κ1) is 20.7. The zero-order chi connectivity index (χ0) is 20.1. The van der Waals surface area contributed by atoms with Crippen LogP contribution in [-0.4, -0.2) is 35.2 Å². The van der Waals surface area contributed by atoms with Gasteiger partial charge in [-0.25, -0.2) is 0 Å². The minimum absolute atomic E-state index is 0.0987. The summed E-state index contributed by atoms with van der Waals surface area (Å²) in [6.07, 6.45) is 7.74. The van der Waals surface area contributed by atoms with Gasteiger partial charge >= 0.3 is 0 Å². The number of likely N-dealkylation sites (tertiary alicyclic amines) is 1. The van der Waals surface area contributed by atoms with Crippen LogP contribution in [0.4, 0.5) is 0 Å². The first-order chi connectivity index (χ1) is 14.1. The van der Waals surface area contributed by atoms with Gasteiger partial charge in [-0.2, -0.15) is 0 Å². The van der Waals surface area contributed by atoms with Crippen molar-refractivity contribution >= 4 is 11.6 Å². The SMILES string of the molecule is OC1(C(CN2CCCC2)c2ccc(OCc3ccccc3)c(Cl)c2)CCCCC1. The lowest BCUT2D eigenvalue weighted by molar-refractivity contribution is -0.0293. The maximum absolute atomic E-state index is 11.6. The van der Waals surface area contributed by atoms with Crippen molar-refractivity contribution in [2.45, 2.75) is 63.1 Å². The molecular formula is C25H32ClNO2. The second-order valence-electron chi connectivity index (χ2n) is 8.69. The molecule has 2 aliphatic rings. The van der Waals surface area contributed by atoms with Crippen molar-refractivity contribution in [2.24, 2.45) is 0 Å². The highest BCUT2D eigenvalue weighted by Gasteiger charge is 2.40. The van der Waals surface area contributed by atoms with E-state index in [-0.39, 0.29) is 5.92 Å². The minimum atomic E-state index is -0.628. The quantitative estimate of drug-likeness (QED) is 0.623. The lowest BCUT2D eigenvalue weighted by atomic mass is 9.72. The summed E-state index contributed by atoms with van der Waals surface area (Å²) in [5, 5.41) is 12.2. The Hall–Kier alpha value is -1.55. The molecule has 1 saturated carbocycles. The van der Waals surface area contributed by atoms with E-state index in [0.717, 1.165) is 56.4 Å². The molecule has 3 nitrogen and oxygen atoms in total. The van der Waals surface area contributed by atoms with Gasteiger partial charge in [-0.05, 0) is 62.0 Å². The molecule has 2 fully saturated rings. The fourth-order valence-electron chi connectivity index (χ4n) is 4.91. The van der Waals surface area contributed by atoms with Crippen molar-refractivity contribution in [1.82, 2.24) is 4.90 Å². The Morgan fingerprint density at radius 2 is 1.69 bits per heavy atom. The lowest BCUT2D eigenvalue weighted by Crippen LogP contribution is -2.43. The average Bonchev–Trinajstić information content (AvgIpc) is 3.26. The van der Waals surface area contributed by atoms with Crippen LogP contribution in [0.2, 0.25) is 5.02 Å². The van der Waals surface area contributed by atoms with Crippen molar-refractivity contribution in [3.05, 3.63) is 64.7 Å². The molecule has 2 aromatic rings. The fourth-order valence-corrected chi connectivity index (χ4v) is 5.15. The van der Waals surface area contributed by atoms with Gasteiger partial charge in [-0.3, -0.25) is 0 Å². The summed E-state index contributed by atoms with van der Waals surface area (Å²) in [7, 11) is 0. The van der Waals surface area contributed by atoms with Crippen LogP contribution >= 0.6 is 11.6 Å². The Morgan fingerprint density at radius 3 is 2.38 bits per heavy atom. The molecule has 0 spiro atoms. The molecule has 1 unspecified atom stereocenters. The Balaban J connectivity index is 1.52. The average molecular weight is 414 g/mol. The maximum atomic E-state index is 11.6. The fraction of sp³-hybridized carbons (Fsp3) is 0.520. The molecule has 1 atom stereocenters. The molecule has 0 bridgehead atoms. The van der Waals surface area contributed by atoms with Gasteiger partial charge in [0, 0.05) is 12.5 Å². The summed E-state index contributed by atoms with van der Waals surface area (Å²) < 4.78 is 5.96. The number of aliphatic hydroxyl groups is 1. The number of benzene rings is 2. The van der Waals surface area contributed by atoms with Gasteiger partial charge in [0.1, 0.15) is 12.4 Å². The summed E-state index contributed by atoms with van der Waals surface area (Å²) >= 11 is 6.62. The third-order valence-electron chi connectivity index (χ3n) is 6.60. The van der Waals surface area contributed by atoms with E-state index in [2.05, 4.69) is 11.0 Å². The van der Waals surface area contributed by atoms with Crippen molar-refractivity contribution < 1.29 is 9.84 Å². The first-order valence-corrected chi connectivity index (χ1v) is 11.4. The second kappa shape index (κ2) is 9.51. The van der Waals surface area contributed by atoms with Crippen LogP contribution in [0, 0.1) is 0 Å². The maximum Gasteiger partial charge on any atom is 0.138 e. The molecule has 0 radical (unpaired) electrons. The summed E-state index contributed by atoms with van der Waals surface area (Å²) in [4.78, 5) is 2.50. The molecule has 4 heteroatoms. The van der Waals surface area contributed by atoms with Crippen molar-refractivity contribution in [3.8, 4) is 5.75 Å². The van der Waals surface area contributed by atoms with Gasteiger partial charge in [-0.15, -0.1) is 0 Å². The summed E-state index contributed by atoms with van der Waals surface area (Å²) in [6, 6.07) is 16.2. The van der Waals surface area contributed by atoms with Crippen LogP contribution in [0.3, 0.4) is 0 Å². The van der Waals surface area contributed by atoms with E-state index in [9.17, 15) is 5.11 Å². The summed E-state index contributed by atoms with van der Waals surface area (Å²) in [5.41, 5.74) is 1.63. The van der Waals surface area contributed by atoms with Gasteiger partial charge in [0.25, 0.3) is 0 Å². The van der Waals surface area contributed by atoms with Crippen LogP contribution < -0.4 is 4.74 Å². The van der Waals surface area contributed by atoms with Crippen LogP contribution in [0.15, 0.2) is 48.5 Å². The molecule has 0 aromatic heterocycles. The molecule has 1 N–H and O–H groups in total. The third kappa shape index (κ3) is 5.14. The lowest BCUT2D eigenvalue weighted by Gasteiger charge is -2.41. The second-order valence-corrected chi connectivity index (χ2v) is 9.10. The van der Waals surface area contributed by atoms with Gasteiger partial charge in [0.2, 0.25) is 0 Å². The molecule has 156 valence electrons. The van der Waals surface area contributed by atoms with Crippen LogP contribution in [0.1, 0.15) is 62.0 Å². The Morgan fingerprint density at radius 1 is 0.966 bits per heavy atom. The molecule has 0 amide bonds. The van der Waals surface area contributed by atoms with Gasteiger partial charge in [-0.1, -0.05) is 67.3 Å². The smallest absolute Gasteiger partial charge is 0.138 e. The highest BCUT2D eigenvalue weighted by Crippen LogP contribution is 2.42. The molecule has 1 aliphatic heterocycles. The predicted molar refractivity (Wildman–Crippen MR) is 119 cm³/mol. The number of halogens is 1. The van der Waals surface area contributed by atoms with Gasteiger partial charge in [0.05, 0.1) is 10.6 Å². The number of rotatable bonds is 7. The van der Waals surface area contributed by atoms with Crippen molar-refractivity contribution in [3.63, 3.8) is 0 Å². The van der Waals surface area contributed by atoms with E-state index in [1.807, 2.05) is 42.5 Å². The van der Waals surface area contributed by atoms with E-state index >= 15 is 0 Å². The minimum Gasteiger partial charge on any atom is -0.487 e. The summed E-state index contributed by atoms with van der Waals surface area (Å²) in [6.45, 7) is 3.69. The Kier molecular flexibility index (Phi) is 6.79. The van der Waals surface area contributed by atoms with Crippen molar-refractivity contribution in [2.75, 3.05) is 19.6 Å². The highest BCUT2D eigenvalue weighted by atomic mass is 35.5. The van der Waals surface area contributed by atoms with E-state index < -0.39 is 5.60 Å². The molecule has 29 heavy (non-hydrogen) atoms. The number of hydrogen-bond acceptors (Lipinski definition) is 3. The standard InChI is InChI=1S/C25H32ClNO2/c26-23-17-21(11-12-24(23)29-19-20-9-3-1-4-10-20)22(18-27-15-7-8-16-27)25(28)13-5-2-6-14-25/h1,3-4,9-12,17,22,28H,2,5-8,13-16,18-19H2. The van der Waals surface area contributed by atoms with Gasteiger partial charge < -0.3 is 14.7 Å². The molecule has 4 rings (SSSR count). The molecular weight excluding hydrogens is 382 g/mol. The van der Waals surface area contributed by atoms with Crippen LogP contribution in [-0.2, 0) is 6.61 Å². The molecule has 1 saturated heterocycles. The zero-order valence-corrected chi connectivity index (χ0v) is 17.9. The van der Waals surface area contributed by atoms with Crippen LogP contribution in [0.5, 0.6) is 5.75 Å². The Bertz CT molecular complexity index is 783. The third-order valence-corrected chi connectivity index (χ3v) is 6.90. The monoisotopic (exact) mass is 413 g/mol. The first-order valence-electron chi connectivity index (χ1n) is 11.0. The largest absolute Gasteiger partial charge is 0.487 e. The van der Waals surface area contributed by atoms with Crippen molar-refractivity contribution in [1.29, 1.82) is 0 Å². The highest BCUT2D eigenvalue weighted by molar-refractivity contribution is 6.32. The topological polar surface area (TPSA) is 32.7 Å². The zero-order valence-electron chi connectivity index (χ0n) is 17.2. The molecule has 1 heterocycles. The number of nitrogens with zero attached hydrogens (tertiary/aromatic N) is 1. The normalized spacial score (nSPS) is 20.5. The van der Waals surface area contributed by atoms with Crippen LogP contribution in [0.25, 0.3) is 0 Å². The predicted octanol–water partition coefficient (Wildman–Crippen LogP) is 5.79. The van der Waals surface area contributed by atoms with E-state index in [4.69, 9.17) is 16.3 Å². The van der Waals surface area contributed by atoms with E-state index in [0.29, 0.717) is 17.4 Å².